The largest absolute Gasteiger partial charge is 0.480 e. The molecule has 0 saturated heterocycles. The van der Waals surface area contributed by atoms with Gasteiger partial charge in [0.1, 0.15) is 6.04 Å². The van der Waals surface area contributed by atoms with Crippen molar-refractivity contribution >= 4 is 17.7 Å². The molecular weight excluding hydrogens is 226 g/mol. The third-order valence-electron chi connectivity index (χ3n) is 3.70. The summed E-state index contributed by atoms with van der Waals surface area (Å²) in [4.78, 5) is 10.6. The Kier molecular flexibility index (Phi) is 3.47. The van der Waals surface area contributed by atoms with Crippen LogP contribution in [0.1, 0.15) is 25.7 Å². The molecule has 0 aromatic rings. The fraction of sp³-hybridized carbons (Fsp3) is 0.909. The van der Waals surface area contributed by atoms with Crippen molar-refractivity contribution in [2.75, 3.05) is 12.4 Å². The molecule has 0 heterocycles. The van der Waals surface area contributed by atoms with E-state index in [-0.39, 0.29) is 6.61 Å². The van der Waals surface area contributed by atoms with Crippen LogP contribution >= 0.6 is 11.8 Å². The molecule has 2 fully saturated rings. The van der Waals surface area contributed by atoms with Gasteiger partial charge in [0.05, 0.1) is 6.61 Å². The van der Waals surface area contributed by atoms with Gasteiger partial charge in [0.2, 0.25) is 0 Å². The number of carbonyl (C=O) groups is 1. The average molecular weight is 245 g/mol. The second-order valence-corrected chi connectivity index (χ2v) is 6.43. The van der Waals surface area contributed by atoms with Gasteiger partial charge in [-0.15, -0.1) is 0 Å². The lowest BCUT2D eigenvalue weighted by molar-refractivity contribution is -0.138. The average Bonchev–Trinajstić information content (AvgIpc) is 3.08. The molecule has 3 unspecified atom stereocenters. The number of hydrogen-bond acceptors (Lipinski definition) is 4. The normalized spacial score (nSPS) is 32.1. The van der Waals surface area contributed by atoms with Crippen LogP contribution in [0.15, 0.2) is 0 Å². The molecule has 2 aliphatic carbocycles. The van der Waals surface area contributed by atoms with Gasteiger partial charge in [-0.2, -0.15) is 11.8 Å². The van der Waals surface area contributed by atoms with Crippen LogP contribution in [-0.4, -0.2) is 39.3 Å². The summed E-state index contributed by atoms with van der Waals surface area (Å²) < 4.78 is 0.367. The molecule has 5 heteroatoms. The van der Waals surface area contributed by atoms with Gasteiger partial charge in [0.15, 0.2) is 0 Å². The van der Waals surface area contributed by atoms with Crippen molar-refractivity contribution in [3.8, 4) is 0 Å². The highest BCUT2D eigenvalue weighted by atomic mass is 32.2. The molecule has 92 valence electrons. The van der Waals surface area contributed by atoms with Crippen LogP contribution in [0.3, 0.4) is 0 Å². The molecular formula is C11H19NO3S. The number of nitrogens with two attached hydrogens (primary N) is 1. The molecule has 3 atom stereocenters. The van der Waals surface area contributed by atoms with Gasteiger partial charge in [0.25, 0.3) is 0 Å². The Morgan fingerprint density at radius 3 is 2.75 bits per heavy atom. The number of rotatable bonds is 7. The van der Waals surface area contributed by atoms with E-state index < -0.39 is 12.0 Å². The first-order valence-electron chi connectivity index (χ1n) is 5.82. The zero-order valence-electron chi connectivity index (χ0n) is 9.26. The van der Waals surface area contributed by atoms with Gasteiger partial charge >= 0.3 is 5.97 Å². The van der Waals surface area contributed by atoms with E-state index >= 15 is 0 Å². The summed E-state index contributed by atoms with van der Waals surface area (Å²) in [5, 5.41) is 17.6. The number of hydrogen-bond donors (Lipinski definition) is 3. The molecule has 16 heavy (non-hydrogen) atoms. The fourth-order valence-electron chi connectivity index (χ4n) is 2.57. The lowest BCUT2D eigenvalue weighted by Gasteiger charge is -2.14. The number of thioether (sulfide) groups is 1. The molecule has 2 saturated carbocycles. The van der Waals surface area contributed by atoms with Crippen molar-refractivity contribution in [2.45, 2.75) is 36.5 Å². The molecule has 0 spiro atoms. The zero-order valence-corrected chi connectivity index (χ0v) is 10.1. The van der Waals surface area contributed by atoms with Crippen LogP contribution in [0.2, 0.25) is 0 Å². The van der Waals surface area contributed by atoms with Crippen LogP contribution in [0.5, 0.6) is 0 Å². The van der Waals surface area contributed by atoms with Crippen molar-refractivity contribution < 1.29 is 15.0 Å². The van der Waals surface area contributed by atoms with Crippen molar-refractivity contribution in [2.24, 2.45) is 17.6 Å². The SMILES string of the molecule is NC(CC1CC1C1(SCCO)CC1)C(=O)O. The van der Waals surface area contributed by atoms with Crippen molar-refractivity contribution in [1.29, 1.82) is 0 Å². The molecule has 0 radical (unpaired) electrons. The van der Waals surface area contributed by atoms with E-state index in [0.717, 1.165) is 12.2 Å². The molecule has 0 aromatic carbocycles. The van der Waals surface area contributed by atoms with Gasteiger partial charge in [-0.1, -0.05) is 0 Å². The zero-order chi connectivity index (χ0) is 11.8. The summed E-state index contributed by atoms with van der Waals surface area (Å²) in [6, 6.07) is -0.700. The van der Waals surface area contributed by atoms with Crippen LogP contribution < -0.4 is 5.73 Å². The minimum absolute atomic E-state index is 0.235. The second kappa shape index (κ2) is 4.55. The summed E-state index contributed by atoms with van der Waals surface area (Å²) in [6.07, 6.45) is 4.18. The Balaban J connectivity index is 1.76. The van der Waals surface area contributed by atoms with Crippen molar-refractivity contribution in [1.82, 2.24) is 0 Å². The summed E-state index contributed by atoms with van der Waals surface area (Å²) in [5.74, 6) is 1.06. The Hall–Kier alpha value is -0.260. The number of aliphatic hydroxyl groups is 1. The molecule has 2 aliphatic rings. The van der Waals surface area contributed by atoms with E-state index in [0.29, 0.717) is 23.0 Å². The number of carboxylic acids is 1. The predicted molar refractivity (Wildman–Crippen MR) is 63.3 cm³/mol. The summed E-state index contributed by atoms with van der Waals surface area (Å²) in [5.41, 5.74) is 5.54. The smallest absolute Gasteiger partial charge is 0.320 e. The van der Waals surface area contributed by atoms with Gasteiger partial charge < -0.3 is 15.9 Å². The molecule has 0 aromatic heterocycles. The summed E-state index contributed by atoms with van der Waals surface area (Å²) >= 11 is 1.86. The van der Waals surface area contributed by atoms with E-state index in [1.54, 1.807) is 0 Å². The third-order valence-corrected chi connectivity index (χ3v) is 5.37. The van der Waals surface area contributed by atoms with Crippen LogP contribution in [0.4, 0.5) is 0 Å². The minimum atomic E-state index is -0.890. The molecule has 0 bridgehead atoms. The third kappa shape index (κ3) is 2.52. The van der Waals surface area contributed by atoms with Gasteiger partial charge in [-0.05, 0) is 37.5 Å². The summed E-state index contributed by atoms with van der Waals surface area (Å²) in [7, 11) is 0. The van der Waals surface area contributed by atoms with E-state index in [1.807, 2.05) is 11.8 Å². The number of aliphatic hydroxyl groups excluding tert-OH is 1. The van der Waals surface area contributed by atoms with E-state index in [9.17, 15) is 4.79 Å². The topological polar surface area (TPSA) is 83.5 Å². The minimum Gasteiger partial charge on any atom is -0.480 e. The maximum atomic E-state index is 10.6. The maximum absolute atomic E-state index is 10.6. The number of carboxylic acid groups (broad SMARTS) is 1. The maximum Gasteiger partial charge on any atom is 0.320 e. The molecule has 2 rings (SSSR count). The van der Waals surface area contributed by atoms with E-state index in [4.69, 9.17) is 15.9 Å². The first-order valence-corrected chi connectivity index (χ1v) is 6.81. The quantitative estimate of drug-likeness (QED) is 0.614. The standard InChI is InChI=1S/C11H19NO3S/c12-9(10(14)15)6-7-5-8(7)11(1-2-11)16-4-3-13/h7-9,13H,1-6,12H2,(H,14,15). The summed E-state index contributed by atoms with van der Waals surface area (Å²) in [6.45, 7) is 0.235. The van der Waals surface area contributed by atoms with Gasteiger partial charge in [-0.3, -0.25) is 4.79 Å². The first-order chi connectivity index (χ1) is 7.59. The Bertz CT molecular complexity index is 280. The fourth-order valence-corrected chi connectivity index (χ4v) is 3.96. The highest BCUT2D eigenvalue weighted by Gasteiger charge is 2.59. The van der Waals surface area contributed by atoms with Gasteiger partial charge in [-0.25, -0.2) is 0 Å². The molecule has 0 aliphatic heterocycles. The lowest BCUT2D eigenvalue weighted by Crippen LogP contribution is -2.31. The molecule has 4 N–H and O–H groups in total. The molecule has 0 amide bonds. The van der Waals surface area contributed by atoms with Crippen LogP contribution in [-0.2, 0) is 4.79 Å². The number of aliphatic carboxylic acids is 1. The van der Waals surface area contributed by atoms with E-state index in [2.05, 4.69) is 0 Å². The van der Waals surface area contributed by atoms with Gasteiger partial charge in [0, 0.05) is 10.5 Å². The first kappa shape index (κ1) is 12.2. The highest BCUT2D eigenvalue weighted by molar-refractivity contribution is 8.01. The predicted octanol–water partition coefficient (Wildman–Crippen LogP) is 0.683. The Morgan fingerprint density at radius 1 is 1.56 bits per heavy atom. The second-order valence-electron chi connectivity index (χ2n) is 4.92. The highest BCUT2D eigenvalue weighted by Crippen LogP contribution is 2.65. The van der Waals surface area contributed by atoms with E-state index in [1.165, 1.54) is 12.8 Å². The Labute approximate surface area is 99.6 Å². The van der Waals surface area contributed by atoms with Crippen LogP contribution in [0, 0.1) is 11.8 Å². The monoisotopic (exact) mass is 245 g/mol. The molecule has 4 nitrogen and oxygen atoms in total. The van der Waals surface area contributed by atoms with Crippen LogP contribution in [0.25, 0.3) is 0 Å². The Morgan fingerprint density at radius 2 is 2.25 bits per heavy atom. The lowest BCUT2D eigenvalue weighted by atomic mass is 10.1. The van der Waals surface area contributed by atoms with Crippen molar-refractivity contribution in [3.63, 3.8) is 0 Å². The van der Waals surface area contributed by atoms with Crippen molar-refractivity contribution in [3.05, 3.63) is 0 Å².